The lowest BCUT2D eigenvalue weighted by Crippen LogP contribution is -2.53. The van der Waals surface area contributed by atoms with E-state index < -0.39 is 6.04 Å². The highest BCUT2D eigenvalue weighted by molar-refractivity contribution is 7.99. The summed E-state index contributed by atoms with van der Waals surface area (Å²) in [5.41, 5.74) is 1.56. The van der Waals surface area contributed by atoms with Gasteiger partial charge in [0, 0.05) is 22.9 Å². The molecule has 7 heteroatoms. The van der Waals surface area contributed by atoms with Crippen molar-refractivity contribution < 1.29 is 14.3 Å². The van der Waals surface area contributed by atoms with Crippen molar-refractivity contribution >= 4 is 35.2 Å². The van der Waals surface area contributed by atoms with Gasteiger partial charge < -0.3 is 15.0 Å². The second-order valence-corrected chi connectivity index (χ2v) is 10.0. The van der Waals surface area contributed by atoms with Crippen LogP contribution in [-0.4, -0.2) is 41.2 Å². The van der Waals surface area contributed by atoms with E-state index in [4.69, 9.17) is 16.3 Å². The first kappa shape index (κ1) is 26.1. The van der Waals surface area contributed by atoms with Crippen molar-refractivity contribution in [2.24, 2.45) is 0 Å². The van der Waals surface area contributed by atoms with Crippen LogP contribution in [-0.2, 0) is 21.9 Å². The van der Waals surface area contributed by atoms with Gasteiger partial charge in [0.05, 0.1) is 12.9 Å². The van der Waals surface area contributed by atoms with Gasteiger partial charge in [-0.1, -0.05) is 48.9 Å². The Morgan fingerprint density at radius 1 is 1.12 bits per heavy atom. The van der Waals surface area contributed by atoms with Crippen LogP contribution in [0.2, 0.25) is 5.02 Å². The van der Waals surface area contributed by atoms with Crippen LogP contribution in [0.4, 0.5) is 0 Å². The zero-order chi connectivity index (χ0) is 23.7. The Bertz CT molecular complexity index is 897. The first-order valence-corrected chi connectivity index (χ1v) is 12.2. The summed E-state index contributed by atoms with van der Waals surface area (Å²) in [6.45, 7) is 8.09. The summed E-state index contributed by atoms with van der Waals surface area (Å²) in [6.07, 6.45) is 0.527. The maximum Gasteiger partial charge on any atom is 0.243 e. The molecule has 0 aliphatic carbocycles. The quantitative estimate of drug-likeness (QED) is 0.505. The van der Waals surface area contributed by atoms with Gasteiger partial charge in [0.2, 0.25) is 11.8 Å². The van der Waals surface area contributed by atoms with Crippen LogP contribution in [0.25, 0.3) is 0 Å². The molecule has 32 heavy (non-hydrogen) atoms. The van der Waals surface area contributed by atoms with E-state index in [2.05, 4.69) is 5.32 Å². The summed E-state index contributed by atoms with van der Waals surface area (Å²) in [6, 6.07) is 14.6. The lowest BCUT2D eigenvalue weighted by atomic mass is 10.1. The lowest BCUT2D eigenvalue weighted by Gasteiger charge is -2.33. The molecule has 1 atom stereocenters. The molecule has 2 rings (SSSR count). The highest BCUT2D eigenvalue weighted by Gasteiger charge is 2.30. The fourth-order valence-electron chi connectivity index (χ4n) is 3.25. The molecule has 2 aromatic rings. The molecule has 5 nitrogen and oxygen atoms in total. The SMILES string of the molecule is CCC(C(=O)NC(C)(C)C)N(Cc1ccc(OC)cc1)C(=O)CSCc1ccccc1Cl. The molecule has 0 radical (unpaired) electrons. The number of carbonyl (C=O) groups excluding carboxylic acids is 2. The maximum absolute atomic E-state index is 13.3. The zero-order valence-electron chi connectivity index (χ0n) is 19.5. The third-order valence-electron chi connectivity index (χ3n) is 4.84. The van der Waals surface area contributed by atoms with Crippen LogP contribution >= 0.6 is 23.4 Å². The number of halogens is 1. The number of hydrogen-bond acceptors (Lipinski definition) is 4. The number of carbonyl (C=O) groups is 2. The van der Waals surface area contributed by atoms with Gasteiger partial charge >= 0.3 is 0 Å². The number of amides is 2. The Morgan fingerprint density at radius 3 is 2.34 bits per heavy atom. The monoisotopic (exact) mass is 476 g/mol. The van der Waals surface area contributed by atoms with Crippen LogP contribution < -0.4 is 10.1 Å². The van der Waals surface area contributed by atoms with Gasteiger partial charge in [-0.05, 0) is 56.5 Å². The fourth-order valence-corrected chi connectivity index (χ4v) is 4.44. The van der Waals surface area contributed by atoms with E-state index in [0.717, 1.165) is 16.9 Å². The van der Waals surface area contributed by atoms with Crippen LogP contribution in [0.3, 0.4) is 0 Å². The zero-order valence-corrected chi connectivity index (χ0v) is 21.1. The van der Waals surface area contributed by atoms with E-state index in [-0.39, 0.29) is 23.1 Å². The van der Waals surface area contributed by atoms with E-state index in [1.807, 2.05) is 76.2 Å². The van der Waals surface area contributed by atoms with Crippen molar-refractivity contribution in [1.29, 1.82) is 0 Å². The summed E-state index contributed by atoms with van der Waals surface area (Å²) in [5.74, 6) is 1.43. The number of hydrogen-bond donors (Lipinski definition) is 1. The Labute approximate surface area is 200 Å². The van der Waals surface area contributed by atoms with Crippen molar-refractivity contribution in [2.45, 2.75) is 58.0 Å². The highest BCUT2D eigenvalue weighted by Crippen LogP contribution is 2.22. The Kier molecular flexibility index (Phi) is 9.91. The Balaban J connectivity index is 2.17. The molecule has 0 aliphatic heterocycles. The second-order valence-electron chi connectivity index (χ2n) is 8.62. The lowest BCUT2D eigenvalue weighted by molar-refractivity contribution is -0.140. The van der Waals surface area contributed by atoms with Crippen LogP contribution in [0, 0.1) is 0 Å². The Hall–Kier alpha value is -2.18. The van der Waals surface area contributed by atoms with Crippen LogP contribution in [0.1, 0.15) is 45.2 Å². The average Bonchev–Trinajstić information content (AvgIpc) is 2.74. The normalized spacial score (nSPS) is 12.2. The molecule has 0 bridgehead atoms. The number of nitrogens with zero attached hydrogens (tertiary/aromatic N) is 1. The minimum absolute atomic E-state index is 0.0752. The molecule has 0 aliphatic rings. The molecule has 174 valence electrons. The Morgan fingerprint density at radius 2 is 1.78 bits per heavy atom. The highest BCUT2D eigenvalue weighted by atomic mass is 35.5. The maximum atomic E-state index is 13.3. The molecule has 1 N–H and O–H groups in total. The third-order valence-corrected chi connectivity index (χ3v) is 6.17. The summed E-state index contributed by atoms with van der Waals surface area (Å²) < 4.78 is 5.23. The molecule has 2 amide bonds. The fraction of sp³-hybridized carbons (Fsp3) is 0.440. The largest absolute Gasteiger partial charge is 0.497 e. The first-order valence-electron chi connectivity index (χ1n) is 10.7. The van der Waals surface area contributed by atoms with Crippen LogP contribution in [0.5, 0.6) is 5.75 Å². The molecule has 0 fully saturated rings. The number of rotatable bonds is 10. The molecule has 0 saturated heterocycles. The predicted molar refractivity (Wildman–Crippen MR) is 133 cm³/mol. The number of nitrogens with one attached hydrogen (secondary N) is 1. The molecule has 1 unspecified atom stereocenters. The summed E-state index contributed by atoms with van der Waals surface area (Å²) in [4.78, 5) is 28.0. The van der Waals surface area contributed by atoms with Gasteiger partial charge in [-0.15, -0.1) is 11.8 Å². The van der Waals surface area contributed by atoms with E-state index in [0.29, 0.717) is 23.7 Å². The number of methoxy groups -OCH3 is 1. The molecule has 0 spiro atoms. The smallest absolute Gasteiger partial charge is 0.243 e. The molecule has 2 aromatic carbocycles. The van der Waals surface area contributed by atoms with Crippen molar-refractivity contribution in [3.05, 3.63) is 64.7 Å². The van der Waals surface area contributed by atoms with Gasteiger partial charge in [-0.3, -0.25) is 9.59 Å². The van der Waals surface area contributed by atoms with Crippen molar-refractivity contribution in [1.82, 2.24) is 10.2 Å². The minimum atomic E-state index is -0.551. The third kappa shape index (κ3) is 8.06. The number of thioether (sulfide) groups is 1. The van der Waals surface area contributed by atoms with Crippen LogP contribution in [0.15, 0.2) is 48.5 Å². The summed E-state index contributed by atoms with van der Waals surface area (Å²) in [5, 5.41) is 3.71. The van der Waals surface area contributed by atoms with Crippen molar-refractivity contribution in [3.8, 4) is 5.75 Å². The average molecular weight is 477 g/mol. The minimum Gasteiger partial charge on any atom is -0.497 e. The second kappa shape index (κ2) is 12.2. The van der Waals surface area contributed by atoms with Gasteiger partial charge in [0.15, 0.2) is 0 Å². The van der Waals surface area contributed by atoms with E-state index in [1.165, 1.54) is 11.8 Å². The van der Waals surface area contributed by atoms with E-state index >= 15 is 0 Å². The number of ether oxygens (including phenoxy) is 1. The van der Waals surface area contributed by atoms with Gasteiger partial charge in [-0.2, -0.15) is 0 Å². The molecule has 0 heterocycles. The van der Waals surface area contributed by atoms with Crippen molar-refractivity contribution in [2.75, 3.05) is 12.9 Å². The summed E-state index contributed by atoms with van der Waals surface area (Å²) in [7, 11) is 1.62. The number of benzene rings is 2. The topological polar surface area (TPSA) is 58.6 Å². The van der Waals surface area contributed by atoms with E-state index in [1.54, 1.807) is 12.0 Å². The standard InChI is InChI=1S/C25H33ClN2O3S/c1-6-22(24(30)27-25(2,3)4)28(15-18-11-13-20(31-5)14-12-18)23(29)17-32-16-19-9-7-8-10-21(19)26/h7-14,22H,6,15-17H2,1-5H3,(H,27,30). The van der Waals surface area contributed by atoms with E-state index in [9.17, 15) is 9.59 Å². The van der Waals surface area contributed by atoms with Gasteiger partial charge in [-0.25, -0.2) is 0 Å². The predicted octanol–water partition coefficient (Wildman–Crippen LogP) is 5.30. The molecule has 0 saturated carbocycles. The van der Waals surface area contributed by atoms with Crippen molar-refractivity contribution in [3.63, 3.8) is 0 Å². The molecular formula is C25H33ClN2O3S. The molecular weight excluding hydrogens is 444 g/mol. The molecule has 0 aromatic heterocycles. The van der Waals surface area contributed by atoms with Gasteiger partial charge in [0.1, 0.15) is 11.8 Å². The first-order chi connectivity index (χ1) is 15.1. The van der Waals surface area contributed by atoms with Gasteiger partial charge in [0.25, 0.3) is 0 Å². The summed E-state index contributed by atoms with van der Waals surface area (Å²) >= 11 is 7.74.